The number of likely N-dealkylation sites (tertiary alicyclic amines) is 1. The van der Waals surface area contributed by atoms with Crippen LogP contribution in [0.25, 0.3) is 0 Å². The van der Waals surface area contributed by atoms with Crippen LogP contribution in [0.5, 0.6) is 0 Å². The van der Waals surface area contributed by atoms with Crippen LogP contribution in [0.4, 0.5) is 0 Å². The molecule has 0 bridgehead atoms. The maximum Gasteiger partial charge on any atom is 0.153 e. The third-order valence-corrected chi connectivity index (χ3v) is 6.80. The summed E-state index contributed by atoms with van der Waals surface area (Å²) >= 11 is 0. The second kappa shape index (κ2) is 5.92. The predicted octanol–water partition coefficient (Wildman–Crippen LogP) is 1.64. The molecular weight excluding hydrogens is 262 g/mol. The summed E-state index contributed by atoms with van der Waals surface area (Å²) in [5.74, 6) is 0.787. The molecule has 1 aliphatic heterocycles. The minimum atomic E-state index is -2.97. The average Bonchev–Trinajstić information content (AvgIpc) is 2.94. The lowest BCUT2D eigenvalue weighted by Crippen LogP contribution is -2.40. The van der Waals surface area contributed by atoms with Gasteiger partial charge in [0.2, 0.25) is 0 Å². The van der Waals surface area contributed by atoms with E-state index in [1.165, 1.54) is 0 Å². The molecule has 1 aliphatic carbocycles. The summed E-state index contributed by atoms with van der Waals surface area (Å²) in [7, 11) is -2.97. The quantitative estimate of drug-likeness (QED) is 0.771. The number of rotatable bonds is 5. The number of hydrogen-bond acceptors (Lipinski definition) is 4. The van der Waals surface area contributed by atoms with Crippen molar-refractivity contribution in [3.63, 3.8) is 0 Å². The van der Waals surface area contributed by atoms with E-state index in [-0.39, 0.29) is 16.9 Å². The largest absolute Gasteiger partial charge is 0.299 e. The van der Waals surface area contributed by atoms with E-state index in [0.29, 0.717) is 18.4 Å². The number of sulfone groups is 1. The van der Waals surface area contributed by atoms with E-state index in [9.17, 15) is 13.2 Å². The van der Waals surface area contributed by atoms with Crippen LogP contribution in [-0.2, 0) is 14.6 Å². The van der Waals surface area contributed by atoms with Crippen molar-refractivity contribution in [1.29, 1.82) is 0 Å². The number of nitrogens with zero attached hydrogens (tertiary/aromatic N) is 1. The Morgan fingerprint density at radius 3 is 2.58 bits per heavy atom. The van der Waals surface area contributed by atoms with E-state index in [2.05, 4.69) is 4.90 Å². The Balaban J connectivity index is 1.94. The first kappa shape index (κ1) is 15.0. The standard InChI is InChI=1S/C14H25NO3S/c1-11(2)19(17,18)10-9-15-8-4-6-13(15)12-5-3-7-14(12)16/h11-13H,3-10H2,1-2H3. The Morgan fingerprint density at radius 2 is 2.00 bits per heavy atom. The van der Waals surface area contributed by atoms with Gasteiger partial charge in [-0.2, -0.15) is 0 Å². The van der Waals surface area contributed by atoms with Gasteiger partial charge in [-0.1, -0.05) is 0 Å². The van der Waals surface area contributed by atoms with Crippen molar-refractivity contribution in [1.82, 2.24) is 4.90 Å². The van der Waals surface area contributed by atoms with Gasteiger partial charge >= 0.3 is 0 Å². The van der Waals surface area contributed by atoms with E-state index >= 15 is 0 Å². The van der Waals surface area contributed by atoms with Gasteiger partial charge in [-0.05, 0) is 46.1 Å². The van der Waals surface area contributed by atoms with Crippen LogP contribution in [0.15, 0.2) is 0 Å². The maximum atomic E-state index is 11.9. The molecule has 0 N–H and O–H groups in total. The van der Waals surface area contributed by atoms with E-state index in [0.717, 1.165) is 38.6 Å². The Hall–Kier alpha value is -0.420. The molecule has 2 atom stereocenters. The molecule has 0 aromatic rings. The molecule has 1 saturated heterocycles. The van der Waals surface area contributed by atoms with Crippen molar-refractivity contribution < 1.29 is 13.2 Å². The van der Waals surface area contributed by atoms with Crippen LogP contribution in [0.2, 0.25) is 0 Å². The Bertz CT molecular complexity index is 430. The normalized spacial score (nSPS) is 29.5. The molecular formula is C14H25NO3S. The fourth-order valence-corrected chi connectivity index (χ4v) is 4.28. The molecule has 4 nitrogen and oxygen atoms in total. The van der Waals surface area contributed by atoms with Crippen molar-refractivity contribution in [3.05, 3.63) is 0 Å². The van der Waals surface area contributed by atoms with Gasteiger partial charge in [0.25, 0.3) is 0 Å². The zero-order valence-corrected chi connectivity index (χ0v) is 12.8. The molecule has 0 spiro atoms. The van der Waals surface area contributed by atoms with Crippen molar-refractivity contribution >= 4 is 15.6 Å². The topological polar surface area (TPSA) is 54.5 Å². The number of carbonyl (C=O) groups is 1. The first-order valence-corrected chi connectivity index (χ1v) is 9.11. The van der Waals surface area contributed by atoms with E-state index < -0.39 is 9.84 Å². The lowest BCUT2D eigenvalue weighted by molar-refractivity contribution is -0.122. The molecule has 2 aliphatic rings. The van der Waals surface area contributed by atoms with Crippen molar-refractivity contribution in [2.45, 2.75) is 57.2 Å². The highest BCUT2D eigenvalue weighted by Crippen LogP contribution is 2.33. The number of Topliss-reactive ketones (excluding diaryl/α,β-unsaturated/α-hetero) is 1. The van der Waals surface area contributed by atoms with Gasteiger partial charge in [0, 0.05) is 24.9 Å². The zero-order valence-electron chi connectivity index (χ0n) is 12.0. The van der Waals surface area contributed by atoms with Crippen LogP contribution in [0.3, 0.4) is 0 Å². The summed E-state index contributed by atoms with van der Waals surface area (Å²) in [6, 6.07) is 0.303. The second-order valence-corrected chi connectivity index (χ2v) is 8.80. The first-order valence-electron chi connectivity index (χ1n) is 7.40. The molecule has 2 unspecified atom stereocenters. The molecule has 0 aromatic carbocycles. The van der Waals surface area contributed by atoms with Gasteiger partial charge in [-0.3, -0.25) is 9.69 Å². The lowest BCUT2D eigenvalue weighted by Gasteiger charge is -2.28. The highest BCUT2D eigenvalue weighted by atomic mass is 32.2. The maximum absolute atomic E-state index is 11.9. The van der Waals surface area contributed by atoms with Crippen LogP contribution < -0.4 is 0 Å². The van der Waals surface area contributed by atoms with Crippen LogP contribution >= 0.6 is 0 Å². The number of ketones is 1. The Morgan fingerprint density at radius 1 is 1.26 bits per heavy atom. The zero-order chi connectivity index (χ0) is 14.0. The molecule has 2 fully saturated rings. The number of carbonyl (C=O) groups excluding carboxylic acids is 1. The first-order chi connectivity index (χ1) is 8.92. The summed E-state index contributed by atoms with van der Waals surface area (Å²) in [5, 5.41) is -0.304. The Labute approximate surface area is 116 Å². The van der Waals surface area contributed by atoms with Gasteiger partial charge in [-0.15, -0.1) is 0 Å². The highest BCUT2D eigenvalue weighted by molar-refractivity contribution is 7.92. The molecule has 5 heteroatoms. The third kappa shape index (κ3) is 3.37. The van der Waals surface area contributed by atoms with Gasteiger partial charge < -0.3 is 0 Å². The highest BCUT2D eigenvalue weighted by Gasteiger charge is 2.38. The molecule has 0 aromatic heterocycles. The van der Waals surface area contributed by atoms with E-state index in [1.54, 1.807) is 13.8 Å². The molecule has 1 saturated carbocycles. The van der Waals surface area contributed by atoms with Gasteiger partial charge in [0.1, 0.15) is 5.78 Å². The predicted molar refractivity (Wildman–Crippen MR) is 75.9 cm³/mol. The lowest BCUT2D eigenvalue weighted by atomic mass is 9.95. The summed E-state index contributed by atoms with van der Waals surface area (Å²) < 4.78 is 23.8. The summed E-state index contributed by atoms with van der Waals surface area (Å²) in [6.45, 7) is 5.01. The Kier molecular flexibility index (Phi) is 4.66. The van der Waals surface area contributed by atoms with E-state index in [4.69, 9.17) is 0 Å². The van der Waals surface area contributed by atoms with Crippen LogP contribution in [0.1, 0.15) is 46.0 Å². The van der Waals surface area contributed by atoms with Gasteiger partial charge in [-0.25, -0.2) is 8.42 Å². The molecule has 1 heterocycles. The van der Waals surface area contributed by atoms with Crippen molar-refractivity contribution in [2.24, 2.45) is 5.92 Å². The van der Waals surface area contributed by atoms with Crippen LogP contribution in [0, 0.1) is 5.92 Å². The number of hydrogen-bond donors (Lipinski definition) is 0. The van der Waals surface area contributed by atoms with Gasteiger partial charge in [0.05, 0.1) is 11.0 Å². The fraction of sp³-hybridized carbons (Fsp3) is 0.929. The van der Waals surface area contributed by atoms with Crippen molar-refractivity contribution in [2.75, 3.05) is 18.8 Å². The third-order valence-electron chi connectivity index (χ3n) is 4.61. The molecule has 19 heavy (non-hydrogen) atoms. The average molecular weight is 287 g/mol. The fourth-order valence-electron chi connectivity index (χ4n) is 3.31. The van der Waals surface area contributed by atoms with Crippen LogP contribution in [-0.4, -0.2) is 49.2 Å². The summed E-state index contributed by atoms with van der Waals surface area (Å²) in [6.07, 6.45) is 4.88. The minimum Gasteiger partial charge on any atom is -0.299 e. The smallest absolute Gasteiger partial charge is 0.153 e. The molecule has 0 radical (unpaired) electrons. The molecule has 110 valence electrons. The monoisotopic (exact) mass is 287 g/mol. The summed E-state index contributed by atoms with van der Waals surface area (Å²) in [4.78, 5) is 14.1. The molecule has 0 amide bonds. The van der Waals surface area contributed by atoms with Gasteiger partial charge in [0.15, 0.2) is 9.84 Å². The van der Waals surface area contributed by atoms with E-state index in [1.807, 2.05) is 0 Å². The van der Waals surface area contributed by atoms with Crippen molar-refractivity contribution in [3.8, 4) is 0 Å². The summed E-state index contributed by atoms with van der Waals surface area (Å²) in [5.41, 5.74) is 0. The molecule has 2 rings (SSSR count). The SMILES string of the molecule is CC(C)S(=O)(=O)CCN1CCCC1C1CCCC1=O. The minimum absolute atomic E-state index is 0.171. The second-order valence-electron chi connectivity index (χ2n) is 6.13.